The van der Waals surface area contributed by atoms with E-state index in [0.29, 0.717) is 0 Å². The Labute approximate surface area is 107 Å². The Morgan fingerprint density at radius 2 is 1.87 bits per heavy atom. The Bertz CT molecular complexity index is 347. The van der Waals surface area contributed by atoms with Gasteiger partial charge in [0.05, 0.1) is 13.1 Å². The van der Waals surface area contributed by atoms with Crippen LogP contribution in [0.5, 0.6) is 0 Å². The normalized spacial score (nSPS) is 17.0. The number of hydrogen-bond donors (Lipinski definition) is 0. The van der Waals surface area contributed by atoms with Gasteiger partial charge in [-0.05, 0) is 19.9 Å². The lowest BCUT2D eigenvalue weighted by Gasteiger charge is -2.31. The number of nitrogens with zero attached hydrogens (tertiary/aromatic N) is 1. The Morgan fingerprint density at radius 3 is 2.40 bits per heavy atom. The van der Waals surface area contributed by atoms with Crippen LogP contribution in [0, 0.1) is 0 Å². The van der Waals surface area contributed by atoms with E-state index in [9.17, 15) is 0 Å². The second-order valence-corrected chi connectivity index (χ2v) is 4.58. The molecule has 1 aliphatic heterocycles. The molecule has 0 bridgehead atoms. The molecule has 1 aromatic rings. The predicted octanol–water partition coefficient (Wildman–Crippen LogP) is 0.214. The van der Waals surface area contributed by atoms with Gasteiger partial charge in [-0.3, -0.25) is 0 Å². The van der Waals surface area contributed by atoms with Gasteiger partial charge in [-0.2, -0.15) is 0 Å². The first-order valence-electron chi connectivity index (χ1n) is 5.32. The lowest BCUT2D eigenvalue weighted by Crippen LogP contribution is -3.00. The van der Waals surface area contributed by atoms with Crippen molar-refractivity contribution in [2.75, 3.05) is 13.1 Å². The van der Waals surface area contributed by atoms with Gasteiger partial charge in [0.15, 0.2) is 0 Å². The van der Waals surface area contributed by atoms with Crippen LogP contribution in [0.15, 0.2) is 18.2 Å². The fourth-order valence-electron chi connectivity index (χ4n) is 2.35. The van der Waals surface area contributed by atoms with Crippen LogP contribution in [-0.2, 0) is 13.1 Å². The Kier molecular flexibility index (Phi) is 4.21. The number of hydrogen-bond acceptors (Lipinski definition) is 0. The molecular formula is C12H17BrClN. The monoisotopic (exact) mass is 289 g/mol. The summed E-state index contributed by atoms with van der Waals surface area (Å²) in [4.78, 5) is 0. The van der Waals surface area contributed by atoms with Gasteiger partial charge in [0.25, 0.3) is 0 Å². The topological polar surface area (TPSA) is 0 Å². The molecule has 3 heteroatoms. The molecule has 0 saturated carbocycles. The largest absolute Gasteiger partial charge is 1.00 e. The third-order valence-corrected chi connectivity index (χ3v) is 3.91. The molecule has 0 saturated heterocycles. The fraction of sp³-hybridized carbons (Fsp3) is 0.500. The smallest absolute Gasteiger partial charge is 0.107 e. The van der Waals surface area contributed by atoms with Crippen molar-refractivity contribution in [1.82, 2.24) is 0 Å². The average Bonchev–Trinajstić information content (AvgIpc) is 2.59. The Balaban J connectivity index is 0.00000112. The van der Waals surface area contributed by atoms with E-state index in [2.05, 4.69) is 26.0 Å². The zero-order valence-electron chi connectivity index (χ0n) is 9.26. The van der Waals surface area contributed by atoms with E-state index in [4.69, 9.17) is 11.6 Å². The van der Waals surface area contributed by atoms with Gasteiger partial charge in [0.1, 0.15) is 13.1 Å². The first-order valence-corrected chi connectivity index (χ1v) is 5.70. The maximum absolute atomic E-state index is 6.20. The standard InChI is InChI=1S/C12H17ClN.BrH/c1-3-14(4-2)8-10-6-5-7-12(13)11(10)9-14;/h5-7H,3-4,8-9H2,1-2H3;1H/q+1;/p-1. The van der Waals surface area contributed by atoms with Crippen LogP contribution in [0.4, 0.5) is 0 Å². The van der Waals surface area contributed by atoms with Crippen LogP contribution < -0.4 is 17.0 Å². The Hall–Kier alpha value is -0.0500. The molecule has 1 heterocycles. The minimum Gasteiger partial charge on any atom is -1.00 e. The number of rotatable bonds is 2. The van der Waals surface area contributed by atoms with Gasteiger partial charge in [-0.15, -0.1) is 0 Å². The average molecular weight is 291 g/mol. The van der Waals surface area contributed by atoms with E-state index in [0.717, 1.165) is 18.1 Å². The van der Waals surface area contributed by atoms with Gasteiger partial charge < -0.3 is 21.5 Å². The third kappa shape index (κ3) is 2.22. The summed E-state index contributed by atoms with van der Waals surface area (Å²) in [5.74, 6) is 0. The molecule has 1 aromatic carbocycles. The van der Waals surface area contributed by atoms with Gasteiger partial charge in [0.2, 0.25) is 0 Å². The van der Waals surface area contributed by atoms with E-state index in [1.165, 1.54) is 28.7 Å². The molecule has 0 unspecified atom stereocenters. The molecule has 0 amide bonds. The lowest BCUT2D eigenvalue weighted by atomic mass is 10.1. The highest BCUT2D eigenvalue weighted by Crippen LogP contribution is 2.33. The quantitative estimate of drug-likeness (QED) is 0.684. The van der Waals surface area contributed by atoms with E-state index in [1.807, 2.05) is 6.07 Å². The van der Waals surface area contributed by atoms with Crippen LogP contribution >= 0.6 is 11.6 Å². The van der Waals surface area contributed by atoms with Crippen molar-refractivity contribution < 1.29 is 21.5 Å². The zero-order valence-corrected chi connectivity index (χ0v) is 11.6. The number of benzene rings is 1. The van der Waals surface area contributed by atoms with Crippen LogP contribution in [-0.4, -0.2) is 17.6 Å². The highest BCUT2D eigenvalue weighted by molar-refractivity contribution is 6.31. The van der Waals surface area contributed by atoms with Crippen LogP contribution in [0.25, 0.3) is 0 Å². The first-order chi connectivity index (χ1) is 6.71. The molecule has 15 heavy (non-hydrogen) atoms. The maximum atomic E-state index is 6.20. The second kappa shape index (κ2) is 4.86. The summed E-state index contributed by atoms with van der Waals surface area (Å²) >= 11 is 6.20. The van der Waals surface area contributed by atoms with Crippen molar-refractivity contribution in [2.45, 2.75) is 26.9 Å². The molecular weight excluding hydrogens is 273 g/mol. The van der Waals surface area contributed by atoms with Crippen LogP contribution in [0.3, 0.4) is 0 Å². The molecule has 1 aliphatic rings. The van der Waals surface area contributed by atoms with Crippen molar-refractivity contribution in [3.05, 3.63) is 34.3 Å². The molecule has 0 radical (unpaired) electrons. The lowest BCUT2D eigenvalue weighted by molar-refractivity contribution is -0.944. The molecule has 0 atom stereocenters. The summed E-state index contributed by atoms with van der Waals surface area (Å²) in [6.45, 7) is 9.19. The molecule has 0 aliphatic carbocycles. The molecule has 0 aromatic heterocycles. The van der Waals surface area contributed by atoms with Crippen molar-refractivity contribution in [2.24, 2.45) is 0 Å². The highest BCUT2D eigenvalue weighted by atomic mass is 79.9. The van der Waals surface area contributed by atoms with Gasteiger partial charge in [0, 0.05) is 16.1 Å². The number of halogens is 2. The van der Waals surface area contributed by atoms with E-state index in [1.54, 1.807) is 0 Å². The minimum atomic E-state index is 0. The molecule has 2 rings (SSSR count). The zero-order chi connectivity index (χ0) is 10.2. The fourth-order valence-corrected chi connectivity index (χ4v) is 2.61. The van der Waals surface area contributed by atoms with E-state index in [-0.39, 0.29) is 17.0 Å². The van der Waals surface area contributed by atoms with Crippen LogP contribution in [0.1, 0.15) is 25.0 Å². The number of fused-ring (bicyclic) bond motifs is 1. The maximum Gasteiger partial charge on any atom is 0.107 e. The molecule has 0 spiro atoms. The summed E-state index contributed by atoms with van der Waals surface area (Å²) in [6, 6.07) is 6.28. The first kappa shape index (κ1) is 13.0. The summed E-state index contributed by atoms with van der Waals surface area (Å²) in [5.41, 5.74) is 2.82. The third-order valence-electron chi connectivity index (χ3n) is 3.56. The predicted molar refractivity (Wildman–Crippen MR) is 60.2 cm³/mol. The molecule has 0 fully saturated rings. The van der Waals surface area contributed by atoms with Gasteiger partial charge in [-0.1, -0.05) is 23.7 Å². The van der Waals surface area contributed by atoms with Gasteiger partial charge in [-0.25, -0.2) is 0 Å². The molecule has 1 nitrogen and oxygen atoms in total. The summed E-state index contributed by atoms with van der Waals surface area (Å²) < 4.78 is 1.17. The minimum absolute atomic E-state index is 0. The number of quaternary nitrogens is 1. The summed E-state index contributed by atoms with van der Waals surface area (Å²) in [5, 5.41) is 0.949. The summed E-state index contributed by atoms with van der Waals surface area (Å²) in [7, 11) is 0. The van der Waals surface area contributed by atoms with E-state index < -0.39 is 0 Å². The Morgan fingerprint density at radius 1 is 1.20 bits per heavy atom. The molecule has 0 N–H and O–H groups in total. The van der Waals surface area contributed by atoms with Crippen LogP contribution in [0.2, 0.25) is 5.02 Å². The van der Waals surface area contributed by atoms with Crippen molar-refractivity contribution >= 4 is 11.6 Å². The van der Waals surface area contributed by atoms with Crippen molar-refractivity contribution in [3.8, 4) is 0 Å². The van der Waals surface area contributed by atoms with Crippen molar-refractivity contribution in [3.63, 3.8) is 0 Å². The van der Waals surface area contributed by atoms with E-state index >= 15 is 0 Å². The second-order valence-electron chi connectivity index (χ2n) is 4.17. The van der Waals surface area contributed by atoms with Crippen molar-refractivity contribution in [1.29, 1.82) is 0 Å². The SMILES string of the molecule is CC[N+]1(CC)Cc2cccc(Cl)c2C1.[Br-]. The highest BCUT2D eigenvalue weighted by Gasteiger charge is 2.33. The van der Waals surface area contributed by atoms with Gasteiger partial charge >= 0.3 is 0 Å². The molecule has 84 valence electrons. The summed E-state index contributed by atoms with van der Waals surface area (Å²) in [6.07, 6.45) is 0.